The zero-order valence-corrected chi connectivity index (χ0v) is 17.6. The van der Waals surface area contributed by atoms with Gasteiger partial charge in [0, 0.05) is 28.2 Å². The minimum Gasteiger partial charge on any atom is -0.330 e. The van der Waals surface area contributed by atoms with Gasteiger partial charge in [0.05, 0.1) is 10.7 Å². The molecule has 3 heterocycles. The van der Waals surface area contributed by atoms with E-state index in [1.54, 1.807) is 18.3 Å². The molecule has 0 spiro atoms. The average molecular weight is 481 g/mol. The summed E-state index contributed by atoms with van der Waals surface area (Å²) in [6.45, 7) is 0. The number of halogens is 2. The third-order valence-corrected chi connectivity index (χ3v) is 6.22. The van der Waals surface area contributed by atoms with E-state index in [1.165, 1.54) is 33.6 Å². The Hall–Kier alpha value is -1.94. The first-order valence-electron chi connectivity index (χ1n) is 7.73. The van der Waals surface area contributed by atoms with Crippen LogP contribution in [0.2, 0.25) is 5.02 Å². The highest BCUT2D eigenvalue weighted by atomic mass is 79.9. The van der Waals surface area contributed by atoms with E-state index >= 15 is 0 Å². The van der Waals surface area contributed by atoms with E-state index in [-0.39, 0.29) is 5.56 Å². The molecule has 0 fully saturated rings. The Balaban J connectivity index is 1.46. The summed E-state index contributed by atoms with van der Waals surface area (Å²) in [5.41, 5.74) is 2.02. The Labute approximate surface area is 175 Å². The zero-order chi connectivity index (χ0) is 18.8. The Kier molecular flexibility index (Phi) is 5.44. The lowest BCUT2D eigenvalue weighted by molar-refractivity contribution is 1.00. The highest BCUT2D eigenvalue weighted by Crippen LogP contribution is 2.30. The number of hydrogen-bond donors (Lipinski definition) is 1. The fourth-order valence-corrected chi connectivity index (χ4v) is 4.57. The van der Waals surface area contributed by atoms with Crippen molar-refractivity contribution in [2.24, 2.45) is 0 Å². The first-order valence-corrected chi connectivity index (χ1v) is 10.7. The van der Waals surface area contributed by atoms with Crippen molar-refractivity contribution in [3.63, 3.8) is 0 Å². The van der Waals surface area contributed by atoms with Crippen molar-refractivity contribution in [3.8, 4) is 0 Å². The van der Waals surface area contributed by atoms with Gasteiger partial charge in [-0.2, -0.15) is 0 Å². The Morgan fingerprint density at radius 3 is 2.96 bits per heavy atom. The summed E-state index contributed by atoms with van der Waals surface area (Å²) in [6.07, 6.45) is 1.56. The summed E-state index contributed by atoms with van der Waals surface area (Å²) in [5, 5.41) is 12.7. The van der Waals surface area contributed by atoms with Crippen molar-refractivity contribution in [3.05, 3.63) is 74.2 Å². The van der Waals surface area contributed by atoms with Crippen LogP contribution in [0.15, 0.2) is 62.3 Å². The van der Waals surface area contributed by atoms with Gasteiger partial charge in [0.1, 0.15) is 5.65 Å². The summed E-state index contributed by atoms with van der Waals surface area (Å²) in [5.74, 6) is 0.528. The van der Waals surface area contributed by atoms with Gasteiger partial charge in [0.15, 0.2) is 4.34 Å². The van der Waals surface area contributed by atoms with Gasteiger partial charge in [0.2, 0.25) is 5.13 Å². The number of anilines is 2. The zero-order valence-electron chi connectivity index (χ0n) is 13.6. The minimum absolute atomic E-state index is 0.160. The number of pyridine rings is 1. The lowest BCUT2D eigenvalue weighted by atomic mass is 10.3. The summed E-state index contributed by atoms with van der Waals surface area (Å²) in [7, 11) is 0. The van der Waals surface area contributed by atoms with E-state index in [0.29, 0.717) is 27.2 Å². The number of hydrogen-bond acceptors (Lipinski definition) is 7. The quantitative estimate of drug-likeness (QED) is 0.405. The fraction of sp³-hybridized carbons (Fsp3) is 0.0588. The molecule has 4 rings (SSSR count). The number of rotatable bonds is 5. The van der Waals surface area contributed by atoms with Gasteiger partial charge in [0.25, 0.3) is 5.56 Å². The van der Waals surface area contributed by atoms with Crippen LogP contribution in [-0.2, 0) is 5.75 Å². The number of thioether (sulfide) groups is 1. The topological polar surface area (TPSA) is 72.2 Å². The minimum atomic E-state index is -0.160. The van der Waals surface area contributed by atoms with Crippen LogP contribution in [0.1, 0.15) is 5.69 Å². The second kappa shape index (κ2) is 7.97. The number of nitrogens with zero attached hydrogens (tertiary/aromatic N) is 4. The van der Waals surface area contributed by atoms with E-state index in [9.17, 15) is 4.79 Å². The molecule has 4 aromatic rings. The average Bonchev–Trinajstić information content (AvgIpc) is 3.08. The van der Waals surface area contributed by atoms with Crippen molar-refractivity contribution in [2.75, 3.05) is 5.32 Å². The largest absolute Gasteiger partial charge is 0.330 e. The normalized spacial score (nSPS) is 11.0. The molecule has 3 aromatic heterocycles. The third kappa shape index (κ3) is 4.49. The van der Waals surface area contributed by atoms with E-state index in [1.807, 2.05) is 24.3 Å². The predicted octanol–water partition coefficient (Wildman–Crippen LogP) is 5.00. The van der Waals surface area contributed by atoms with Crippen LogP contribution in [0.3, 0.4) is 0 Å². The Morgan fingerprint density at radius 1 is 1.22 bits per heavy atom. The number of aromatic nitrogens is 4. The van der Waals surface area contributed by atoms with Crippen LogP contribution >= 0.6 is 50.6 Å². The van der Waals surface area contributed by atoms with Crippen molar-refractivity contribution in [2.45, 2.75) is 10.1 Å². The molecule has 0 aliphatic rings. The predicted molar refractivity (Wildman–Crippen MR) is 113 cm³/mol. The second-order valence-electron chi connectivity index (χ2n) is 5.46. The molecule has 0 aliphatic carbocycles. The summed E-state index contributed by atoms with van der Waals surface area (Å²) in [6, 6.07) is 12.8. The lowest BCUT2D eigenvalue weighted by Crippen LogP contribution is -2.14. The van der Waals surface area contributed by atoms with Gasteiger partial charge >= 0.3 is 0 Å². The first kappa shape index (κ1) is 18.4. The highest BCUT2D eigenvalue weighted by Gasteiger charge is 2.08. The standard InChI is InChI=1S/C17H11BrClN5OS2/c18-10-2-1-3-12(6-10)21-16-22-23-17(27-16)26-9-13-7-15(25)24-8-11(19)4-5-14(24)20-13/h1-8H,9H2,(H,21,22). The van der Waals surface area contributed by atoms with Gasteiger partial charge in [-0.25, -0.2) is 4.98 Å². The molecule has 27 heavy (non-hydrogen) atoms. The number of fused-ring (bicyclic) bond motifs is 1. The second-order valence-corrected chi connectivity index (χ2v) is 9.01. The van der Waals surface area contributed by atoms with Gasteiger partial charge in [-0.05, 0) is 30.3 Å². The maximum absolute atomic E-state index is 12.2. The fourth-order valence-electron chi connectivity index (χ4n) is 2.34. The molecule has 0 saturated carbocycles. The van der Waals surface area contributed by atoms with E-state index in [0.717, 1.165) is 14.5 Å². The van der Waals surface area contributed by atoms with Crippen molar-refractivity contribution >= 4 is 67.1 Å². The SMILES string of the molecule is O=c1cc(CSc2nnc(Nc3cccc(Br)c3)s2)nc2ccc(Cl)cn12. The van der Waals surface area contributed by atoms with Crippen LogP contribution in [0.25, 0.3) is 5.65 Å². The Bertz CT molecular complexity index is 1180. The van der Waals surface area contributed by atoms with E-state index in [2.05, 4.69) is 36.4 Å². The van der Waals surface area contributed by atoms with Crippen LogP contribution in [-0.4, -0.2) is 19.6 Å². The lowest BCUT2D eigenvalue weighted by Gasteiger charge is -2.03. The van der Waals surface area contributed by atoms with Gasteiger partial charge in [-0.15, -0.1) is 10.2 Å². The van der Waals surface area contributed by atoms with Gasteiger partial charge < -0.3 is 5.32 Å². The van der Waals surface area contributed by atoms with Gasteiger partial charge in [-0.3, -0.25) is 9.20 Å². The first-order chi connectivity index (χ1) is 13.1. The highest BCUT2D eigenvalue weighted by molar-refractivity contribution is 9.10. The molecule has 0 aliphatic heterocycles. The number of benzene rings is 1. The Morgan fingerprint density at radius 2 is 2.11 bits per heavy atom. The van der Waals surface area contributed by atoms with Crippen LogP contribution in [0.5, 0.6) is 0 Å². The summed E-state index contributed by atoms with van der Waals surface area (Å²) in [4.78, 5) is 16.7. The van der Waals surface area contributed by atoms with E-state index in [4.69, 9.17) is 11.6 Å². The van der Waals surface area contributed by atoms with E-state index < -0.39 is 0 Å². The third-order valence-electron chi connectivity index (χ3n) is 3.50. The van der Waals surface area contributed by atoms with Crippen LogP contribution in [0.4, 0.5) is 10.8 Å². The van der Waals surface area contributed by atoms with Gasteiger partial charge in [-0.1, -0.05) is 56.7 Å². The maximum Gasteiger partial charge on any atom is 0.258 e. The van der Waals surface area contributed by atoms with Crippen LogP contribution in [0, 0.1) is 0 Å². The van der Waals surface area contributed by atoms with Crippen molar-refractivity contribution in [1.29, 1.82) is 0 Å². The summed E-state index contributed by atoms with van der Waals surface area (Å²) < 4.78 is 3.22. The molecule has 0 saturated heterocycles. The van der Waals surface area contributed by atoms with Crippen LogP contribution < -0.4 is 10.9 Å². The molecule has 10 heteroatoms. The smallest absolute Gasteiger partial charge is 0.258 e. The van der Waals surface area contributed by atoms with Crippen molar-refractivity contribution in [1.82, 2.24) is 19.6 Å². The number of nitrogens with one attached hydrogen (secondary N) is 1. The van der Waals surface area contributed by atoms with Crippen molar-refractivity contribution < 1.29 is 0 Å². The maximum atomic E-state index is 12.2. The molecule has 0 amide bonds. The molecule has 1 N–H and O–H groups in total. The molecular formula is C17H11BrClN5OS2. The molecule has 0 bridgehead atoms. The molecule has 1 aromatic carbocycles. The molecule has 0 radical (unpaired) electrons. The molecular weight excluding hydrogens is 470 g/mol. The summed E-state index contributed by atoms with van der Waals surface area (Å²) >= 11 is 12.3. The monoisotopic (exact) mass is 479 g/mol. The molecule has 0 unspecified atom stereocenters. The molecule has 6 nitrogen and oxygen atoms in total. The molecule has 136 valence electrons. The molecule has 0 atom stereocenters.